The third-order valence-electron chi connectivity index (χ3n) is 3.40. The van der Waals surface area contributed by atoms with Crippen molar-refractivity contribution < 1.29 is 5.11 Å². The average molecular weight is 249 g/mol. The summed E-state index contributed by atoms with van der Waals surface area (Å²) in [7, 11) is 0. The number of hydrogen-bond acceptors (Lipinski definition) is 4. The summed E-state index contributed by atoms with van der Waals surface area (Å²) >= 11 is 0. The molecule has 1 saturated carbocycles. The second kappa shape index (κ2) is 6.59. The zero-order valence-electron chi connectivity index (χ0n) is 11.0. The fourth-order valence-electron chi connectivity index (χ4n) is 2.36. The topological polar surface area (TPSA) is 57.2 Å². The summed E-state index contributed by atoms with van der Waals surface area (Å²) in [6.45, 7) is 3.07. The van der Waals surface area contributed by atoms with Crippen molar-refractivity contribution in [2.45, 2.75) is 51.2 Å². The van der Waals surface area contributed by atoms with Crippen LogP contribution in [0.3, 0.4) is 0 Å². The predicted molar refractivity (Wildman–Crippen MR) is 74.9 cm³/mol. The summed E-state index contributed by atoms with van der Waals surface area (Å²) in [5.74, 6) is 0.896. The smallest absolute Gasteiger partial charge is 0.127 e. The number of aromatic nitrogens is 1. The van der Waals surface area contributed by atoms with E-state index < -0.39 is 0 Å². The molecule has 2 unspecified atom stereocenters. The van der Waals surface area contributed by atoms with E-state index in [4.69, 9.17) is 0 Å². The normalized spacial score (nSPS) is 23.7. The molecule has 0 aromatic carbocycles. The molecule has 18 heavy (non-hydrogen) atoms. The van der Waals surface area contributed by atoms with Crippen LogP contribution in [0.25, 0.3) is 0 Å². The molecule has 4 heteroatoms. The molecular formula is C14H23N3O. The molecule has 2 rings (SSSR count). The van der Waals surface area contributed by atoms with E-state index in [1.54, 1.807) is 6.20 Å². The Morgan fingerprint density at radius 1 is 1.39 bits per heavy atom. The summed E-state index contributed by atoms with van der Waals surface area (Å²) in [6, 6.07) is 4.15. The number of rotatable bonds is 5. The Labute approximate surface area is 109 Å². The number of pyridine rings is 1. The maximum Gasteiger partial charge on any atom is 0.127 e. The minimum atomic E-state index is -0.223. The van der Waals surface area contributed by atoms with Crippen molar-refractivity contribution in [3.05, 3.63) is 18.3 Å². The standard InChI is InChI=1S/C14H23N3O/c1-2-8-15-14-10-11(7-9-16-14)17-12-5-3-4-6-13(12)18/h7,9-10,12-13,18H,2-6,8H2,1H3,(H2,15,16,17). The first-order valence-electron chi connectivity index (χ1n) is 6.94. The number of anilines is 2. The van der Waals surface area contributed by atoms with E-state index in [9.17, 15) is 5.11 Å². The monoisotopic (exact) mass is 249 g/mol. The van der Waals surface area contributed by atoms with Crippen LogP contribution in [0.15, 0.2) is 18.3 Å². The number of aliphatic hydroxyl groups excluding tert-OH is 1. The van der Waals surface area contributed by atoms with E-state index in [0.29, 0.717) is 0 Å². The maximum atomic E-state index is 9.95. The second-order valence-corrected chi connectivity index (χ2v) is 4.96. The Hall–Kier alpha value is -1.29. The van der Waals surface area contributed by atoms with Crippen molar-refractivity contribution >= 4 is 11.5 Å². The van der Waals surface area contributed by atoms with E-state index >= 15 is 0 Å². The molecule has 1 aliphatic carbocycles. The molecule has 0 spiro atoms. The van der Waals surface area contributed by atoms with Gasteiger partial charge in [0, 0.05) is 24.5 Å². The van der Waals surface area contributed by atoms with Crippen molar-refractivity contribution in [3.8, 4) is 0 Å². The van der Waals surface area contributed by atoms with E-state index in [-0.39, 0.29) is 12.1 Å². The lowest BCUT2D eigenvalue weighted by molar-refractivity contribution is 0.116. The third kappa shape index (κ3) is 3.60. The molecular weight excluding hydrogens is 226 g/mol. The van der Waals surface area contributed by atoms with E-state index in [1.165, 1.54) is 6.42 Å². The summed E-state index contributed by atoms with van der Waals surface area (Å²) < 4.78 is 0. The Morgan fingerprint density at radius 3 is 3.00 bits per heavy atom. The first kappa shape index (κ1) is 13.1. The summed E-state index contributed by atoms with van der Waals surface area (Å²) in [4.78, 5) is 4.28. The highest BCUT2D eigenvalue weighted by Gasteiger charge is 2.22. The first-order chi connectivity index (χ1) is 8.79. The van der Waals surface area contributed by atoms with Gasteiger partial charge >= 0.3 is 0 Å². The quantitative estimate of drug-likeness (QED) is 0.751. The Balaban J connectivity index is 1.95. The average Bonchev–Trinajstić information content (AvgIpc) is 2.40. The van der Waals surface area contributed by atoms with Crippen LogP contribution in [0.2, 0.25) is 0 Å². The van der Waals surface area contributed by atoms with Crippen LogP contribution < -0.4 is 10.6 Å². The van der Waals surface area contributed by atoms with Crippen LogP contribution in [0.4, 0.5) is 11.5 Å². The lowest BCUT2D eigenvalue weighted by Crippen LogP contribution is -2.36. The van der Waals surface area contributed by atoms with Gasteiger partial charge in [0.2, 0.25) is 0 Å². The number of nitrogens with one attached hydrogen (secondary N) is 2. The zero-order valence-corrected chi connectivity index (χ0v) is 11.0. The van der Waals surface area contributed by atoms with Gasteiger partial charge in [0.1, 0.15) is 5.82 Å². The van der Waals surface area contributed by atoms with Crippen LogP contribution in [0.5, 0.6) is 0 Å². The number of aliphatic hydroxyl groups is 1. The van der Waals surface area contributed by atoms with Crippen LogP contribution >= 0.6 is 0 Å². The summed E-state index contributed by atoms with van der Waals surface area (Å²) in [6.07, 6.45) is 6.94. The van der Waals surface area contributed by atoms with Gasteiger partial charge in [0.05, 0.1) is 12.1 Å². The largest absolute Gasteiger partial charge is 0.391 e. The Bertz CT molecular complexity index is 370. The van der Waals surface area contributed by atoms with Gasteiger partial charge in [-0.05, 0) is 25.3 Å². The SMILES string of the molecule is CCCNc1cc(NC2CCCCC2O)ccn1. The van der Waals surface area contributed by atoms with Crippen LogP contribution in [-0.4, -0.2) is 28.8 Å². The van der Waals surface area contributed by atoms with Crippen molar-refractivity contribution in [2.24, 2.45) is 0 Å². The minimum Gasteiger partial charge on any atom is -0.391 e. The van der Waals surface area contributed by atoms with Gasteiger partial charge in [0.15, 0.2) is 0 Å². The van der Waals surface area contributed by atoms with E-state index in [2.05, 4.69) is 22.5 Å². The molecule has 3 N–H and O–H groups in total. The van der Waals surface area contributed by atoms with Gasteiger partial charge in [-0.2, -0.15) is 0 Å². The van der Waals surface area contributed by atoms with Crippen LogP contribution in [0.1, 0.15) is 39.0 Å². The molecule has 0 radical (unpaired) electrons. The molecule has 100 valence electrons. The first-order valence-corrected chi connectivity index (χ1v) is 6.94. The molecule has 1 fully saturated rings. The zero-order chi connectivity index (χ0) is 12.8. The molecule has 0 amide bonds. The van der Waals surface area contributed by atoms with Gasteiger partial charge in [-0.3, -0.25) is 0 Å². The molecule has 0 saturated heterocycles. The van der Waals surface area contributed by atoms with Crippen LogP contribution in [0, 0.1) is 0 Å². The van der Waals surface area contributed by atoms with Gasteiger partial charge in [-0.1, -0.05) is 19.8 Å². The van der Waals surface area contributed by atoms with Crippen molar-refractivity contribution in [3.63, 3.8) is 0 Å². The molecule has 2 atom stereocenters. The Kier molecular flexibility index (Phi) is 4.81. The molecule has 1 heterocycles. The summed E-state index contributed by atoms with van der Waals surface area (Å²) in [5.41, 5.74) is 1.04. The molecule has 1 aromatic heterocycles. The molecule has 1 aliphatic rings. The fraction of sp³-hybridized carbons (Fsp3) is 0.643. The number of nitrogens with zero attached hydrogens (tertiary/aromatic N) is 1. The molecule has 4 nitrogen and oxygen atoms in total. The molecule has 0 bridgehead atoms. The van der Waals surface area contributed by atoms with Crippen molar-refractivity contribution in [2.75, 3.05) is 17.2 Å². The molecule has 1 aromatic rings. The van der Waals surface area contributed by atoms with E-state index in [0.717, 1.165) is 43.7 Å². The highest BCUT2D eigenvalue weighted by atomic mass is 16.3. The van der Waals surface area contributed by atoms with E-state index in [1.807, 2.05) is 12.1 Å². The highest BCUT2D eigenvalue weighted by molar-refractivity contribution is 5.52. The predicted octanol–water partition coefficient (Wildman–Crippen LogP) is 2.62. The number of hydrogen-bond donors (Lipinski definition) is 3. The second-order valence-electron chi connectivity index (χ2n) is 4.96. The maximum absolute atomic E-state index is 9.95. The minimum absolute atomic E-state index is 0.181. The fourth-order valence-corrected chi connectivity index (χ4v) is 2.36. The highest BCUT2D eigenvalue weighted by Crippen LogP contribution is 2.23. The van der Waals surface area contributed by atoms with Crippen LogP contribution in [-0.2, 0) is 0 Å². The van der Waals surface area contributed by atoms with Crippen molar-refractivity contribution in [1.29, 1.82) is 0 Å². The molecule has 0 aliphatic heterocycles. The van der Waals surface area contributed by atoms with Crippen molar-refractivity contribution in [1.82, 2.24) is 4.98 Å². The van der Waals surface area contributed by atoms with Gasteiger partial charge in [-0.25, -0.2) is 4.98 Å². The third-order valence-corrected chi connectivity index (χ3v) is 3.40. The summed E-state index contributed by atoms with van der Waals surface area (Å²) in [5, 5.41) is 16.6. The lowest BCUT2D eigenvalue weighted by Gasteiger charge is -2.29. The Morgan fingerprint density at radius 2 is 2.22 bits per heavy atom. The lowest BCUT2D eigenvalue weighted by atomic mass is 9.92. The van der Waals surface area contributed by atoms with Gasteiger partial charge in [-0.15, -0.1) is 0 Å². The van der Waals surface area contributed by atoms with Gasteiger partial charge < -0.3 is 15.7 Å². The van der Waals surface area contributed by atoms with Gasteiger partial charge in [0.25, 0.3) is 0 Å².